The molecular weight excluding hydrogens is 186 g/mol. The smallest absolute Gasteiger partial charge is 0.0556 e. The van der Waals surface area contributed by atoms with Crippen LogP contribution in [0.25, 0.3) is 0 Å². The number of rotatable bonds is 1. The van der Waals surface area contributed by atoms with Crippen molar-refractivity contribution in [2.75, 3.05) is 24.5 Å². The van der Waals surface area contributed by atoms with Crippen LogP contribution in [0.3, 0.4) is 0 Å². The van der Waals surface area contributed by atoms with Gasteiger partial charge >= 0.3 is 0 Å². The van der Waals surface area contributed by atoms with Gasteiger partial charge in [0.1, 0.15) is 0 Å². The van der Waals surface area contributed by atoms with Gasteiger partial charge in [0.25, 0.3) is 0 Å². The largest absolute Gasteiger partial charge is 0.366 e. The first kappa shape index (κ1) is 9.16. The molecule has 0 saturated carbocycles. The van der Waals surface area contributed by atoms with E-state index in [1.165, 1.54) is 25.2 Å². The van der Waals surface area contributed by atoms with Crippen LogP contribution in [0, 0.1) is 12.8 Å². The van der Waals surface area contributed by atoms with Crippen LogP contribution in [0.4, 0.5) is 5.69 Å². The zero-order valence-corrected chi connectivity index (χ0v) is 9.11. The maximum atomic E-state index is 4.38. The molecule has 0 radical (unpaired) electrons. The van der Waals surface area contributed by atoms with Gasteiger partial charge in [-0.15, -0.1) is 0 Å². The van der Waals surface area contributed by atoms with Crippen LogP contribution in [0.1, 0.15) is 12.1 Å². The number of hydrogen-bond donors (Lipinski definition) is 1. The van der Waals surface area contributed by atoms with Gasteiger partial charge in [0, 0.05) is 31.4 Å². The van der Waals surface area contributed by atoms with Crippen LogP contribution < -0.4 is 10.2 Å². The molecule has 3 heterocycles. The third kappa shape index (κ3) is 1.51. The summed E-state index contributed by atoms with van der Waals surface area (Å²) in [6.07, 6.45) is 3.33. The molecule has 2 unspecified atom stereocenters. The summed E-state index contributed by atoms with van der Waals surface area (Å²) < 4.78 is 0. The highest BCUT2D eigenvalue weighted by Crippen LogP contribution is 2.31. The van der Waals surface area contributed by atoms with Crippen LogP contribution in [-0.2, 0) is 0 Å². The first-order valence-electron chi connectivity index (χ1n) is 5.74. The molecule has 0 amide bonds. The minimum atomic E-state index is 0.703. The van der Waals surface area contributed by atoms with Crippen molar-refractivity contribution in [2.24, 2.45) is 5.92 Å². The van der Waals surface area contributed by atoms with Gasteiger partial charge in [0.15, 0.2) is 0 Å². The topological polar surface area (TPSA) is 28.2 Å². The molecule has 0 aliphatic carbocycles. The quantitative estimate of drug-likeness (QED) is 0.743. The summed E-state index contributed by atoms with van der Waals surface area (Å²) in [5.41, 5.74) is 2.39. The number of aryl methyl sites for hydroxylation is 1. The average molecular weight is 203 g/mol. The van der Waals surface area contributed by atoms with E-state index in [1.807, 2.05) is 13.1 Å². The summed E-state index contributed by atoms with van der Waals surface area (Å²) in [4.78, 5) is 6.89. The van der Waals surface area contributed by atoms with Crippen molar-refractivity contribution in [1.29, 1.82) is 0 Å². The summed E-state index contributed by atoms with van der Waals surface area (Å²) in [7, 11) is 0. The van der Waals surface area contributed by atoms with Crippen molar-refractivity contribution in [3.63, 3.8) is 0 Å². The second kappa shape index (κ2) is 3.49. The average Bonchev–Trinajstić information content (AvgIpc) is 2.80. The summed E-state index contributed by atoms with van der Waals surface area (Å²) in [5.74, 6) is 0.853. The SMILES string of the molecule is Cc1ccc(N2CCC3CNCC32)cn1. The number of pyridine rings is 1. The molecule has 1 N–H and O–H groups in total. The summed E-state index contributed by atoms with van der Waals surface area (Å²) in [6.45, 7) is 5.56. The fourth-order valence-corrected chi connectivity index (χ4v) is 2.80. The zero-order chi connectivity index (χ0) is 10.3. The van der Waals surface area contributed by atoms with Crippen LogP contribution in [-0.4, -0.2) is 30.7 Å². The molecule has 0 aromatic carbocycles. The lowest BCUT2D eigenvalue weighted by atomic mass is 10.1. The van der Waals surface area contributed by atoms with E-state index in [1.54, 1.807) is 0 Å². The maximum absolute atomic E-state index is 4.38. The molecule has 0 bridgehead atoms. The number of nitrogens with one attached hydrogen (secondary N) is 1. The third-order valence-corrected chi connectivity index (χ3v) is 3.67. The third-order valence-electron chi connectivity index (χ3n) is 3.67. The van der Waals surface area contributed by atoms with E-state index in [2.05, 4.69) is 27.3 Å². The lowest BCUT2D eigenvalue weighted by molar-refractivity contribution is 0.578. The van der Waals surface area contributed by atoms with E-state index in [0.29, 0.717) is 6.04 Å². The van der Waals surface area contributed by atoms with Crippen molar-refractivity contribution in [2.45, 2.75) is 19.4 Å². The Morgan fingerprint density at radius 1 is 1.40 bits per heavy atom. The molecule has 80 valence electrons. The number of aromatic nitrogens is 1. The van der Waals surface area contributed by atoms with Gasteiger partial charge in [-0.2, -0.15) is 0 Å². The van der Waals surface area contributed by atoms with E-state index in [0.717, 1.165) is 18.2 Å². The lowest BCUT2D eigenvalue weighted by Gasteiger charge is -2.25. The Kier molecular flexibility index (Phi) is 2.13. The van der Waals surface area contributed by atoms with Gasteiger partial charge in [0.05, 0.1) is 11.9 Å². The van der Waals surface area contributed by atoms with Crippen LogP contribution in [0.5, 0.6) is 0 Å². The van der Waals surface area contributed by atoms with Crippen LogP contribution >= 0.6 is 0 Å². The van der Waals surface area contributed by atoms with Crippen molar-refractivity contribution >= 4 is 5.69 Å². The lowest BCUT2D eigenvalue weighted by Crippen LogP contribution is -2.34. The fraction of sp³-hybridized carbons (Fsp3) is 0.583. The maximum Gasteiger partial charge on any atom is 0.0556 e. The molecule has 1 aromatic rings. The van der Waals surface area contributed by atoms with Crippen molar-refractivity contribution < 1.29 is 0 Å². The van der Waals surface area contributed by atoms with E-state index >= 15 is 0 Å². The first-order valence-corrected chi connectivity index (χ1v) is 5.74. The van der Waals surface area contributed by atoms with Gasteiger partial charge < -0.3 is 10.2 Å². The molecule has 0 spiro atoms. The molecular formula is C12H17N3. The Bertz CT molecular complexity index is 346. The second-order valence-electron chi connectivity index (χ2n) is 4.63. The Morgan fingerprint density at radius 3 is 3.13 bits per heavy atom. The monoisotopic (exact) mass is 203 g/mol. The Morgan fingerprint density at radius 2 is 2.33 bits per heavy atom. The van der Waals surface area contributed by atoms with E-state index in [-0.39, 0.29) is 0 Å². The van der Waals surface area contributed by atoms with Gasteiger partial charge in [-0.3, -0.25) is 4.98 Å². The standard InChI is InChI=1S/C12H17N3/c1-9-2-3-11(7-14-9)15-5-4-10-6-13-8-12(10)15/h2-3,7,10,12-13H,4-6,8H2,1H3. The van der Waals surface area contributed by atoms with Gasteiger partial charge in [-0.1, -0.05) is 0 Å². The number of fused-ring (bicyclic) bond motifs is 1. The molecule has 15 heavy (non-hydrogen) atoms. The van der Waals surface area contributed by atoms with Crippen molar-refractivity contribution in [3.8, 4) is 0 Å². The fourth-order valence-electron chi connectivity index (χ4n) is 2.80. The van der Waals surface area contributed by atoms with Crippen molar-refractivity contribution in [3.05, 3.63) is 24.0 Å². The number of anilines is 1. The van der Waals surface area contributed by atoms with E-state index < -0.39 is 0 Å². The summed E-state index contributed by atoms with van der Waals surface area (Å²) >= 11 is 0. The molecule has 2 aliphatic rings. The Hall–Kier alpha value is -1.09. The molecule has 2 fully saturated rings. The Balaban J connectivity index is 1.85. The number of nitrogens with zero attached hydrogens (tertiary/aromatic N) is 2. The molecule has 3 rings (SSSR count). The molecule has 2 saturated heterocycles. The highest BCUT2D eigenvalue weighted by molar-refractivity contribution is 5.47. The molecule has 3 nitrogen and oxygen atoms in total. The Labute approximate surface area is 90.5 Å². The van der Waals surface area contributed by atoms with Gasteiger partial charge in [-0.25, -0.2) is 0 Å². The highest BCUT2D eigenvalue weighted by atomic mass is 15.2. The molecule has 3 heteroatoms. The predicted octanol–water partition coefficient (Wildman–Crippen LogP) is 1.19. The highest BCUT2D eigenvalue weighted by Gasteiger charge is 2.37. The zero-order valence-electron chi connectivity index (χ0n) is 9.11. The van der Waals surface area contributed by atoms with E-state index in [4.69, 9.17) is 0 Å². The normalized spacial score (nSPS) is 29.5. The summed E-state index contributed by atoms with van der Waals surface area (Å²) in [6, 6.07) is 5.00. The number of hydrogen-bond acceptors (Lipinski definition) is 3. The molecule has 2 atom stereocenters. The molecule has 2 aliphatic heterocycles. The predicted molar refractivity (Wildman–Crippen MR) is 61.1 cm³/mol. The molecule has 1 aromatic heterocycles. The minimum absolute atomic E-state index is 0.703. The van der Waals surface area contributed by atoms with E-state index in [9.17, 15) is 0 Å². The van der Waals surface area contributed by atoms with Crippen LogP contribution in [0.15, 0.2) is 18.3 Å². The minimum Gasteiger partial charge on any atom is -0.366 e. The van der Waals surface area contributed by atoms with Crippen molar-refractivity contribution in [1.82, 2.24) is 10.3 Å². The first-order chi connectivity index (χ1) is 7.34. The van der Waals surface area contributed by atoms with Crippen LogP contribution in [0.2, 0.25) is 0 Å². The van der Waals surface area contributed by atoms with Gasteiger partial charge in [0.2, 0.25) is 0 Å². The van der Waals surface area contributed by atoms with Gasteiger partial charge in [-0.05, 0) is 31.4 Å². The second-order valence-corrected chi connectivity index (χ2v) is 4.63. The summed E-state index contributed by atoms with van der Waals surface area (Å²) in [5, 5.41) is 3.47.